The Bertz CT molecular complexity index is 894. The van der Waals surface area contributed by atoms with Gasteiger partial charge in [0.15, 0.2) is 0 Å². The smallest absolute Gasteiger partial charge is 0.261 e. The van der Waals surface area contributed by atoms with Crippen LogP contribution >= 0.6 is 0 Å². The molecule has 1 aromatic heterocycles. The van der Waals surface area contributed by atoms with E-state index in [1.54, 1.807) is 36.4 Å². The molecule has 3 rings (SSSR count). The van der Waals surface area contributed by atoms with Crippen molar-refractivity contribution >= 4 is 22.5 Å². The summed E-state index contributed by atoms with van der Waals surface area (Å²) in [7, 11) is 1.53. The van der Waals surface area contributed by atoms with Crippen LogP contribution in [0.2, 0.25) is 0 Å². The molecule has 0 fully saturated rings. The van der Waals surface area contributed by atoms with E-state index >= 15 is 0 Å². The zero-order valence-corrected chi connectivity index (χ0v) is 15.7. The van der Waals surface area contributed by atoms with Crippen LogP contribution < -0.4 is 10.1 Å². The van der Waals surface area contributed by atoms with E-state index in [2.05, 4.69) is 10.3 Å². The minimum absolute atomic E-state index is 0.0852. The first-order valence-corrected chi connectivity index (χ1v) is 8.71. The summed E-state index contributed by atoms with van der Waals surface area (Å²) >= 11 is 0. The number of hydrogen-bond donors (Lipinski definition) is 2. The number of pyridine rings is 1. The van der Waals surface area contributed by atoms with Gasteiger partial charge in [-0.05, 0) is 38.1 Å². The van der Waals surface area contributed by atoms with Crippen molar-refractivity contribution in [2.45, 2.75) is 13.8 Å². The molecule has 1 amide bonds. The van der Waals surface area contributed by atoms with Gasteiger partial charge in [-0.25, -0.2) is 0 Å². The Labute approximate surface area is 158 Å². The number of amides is 1. The molecule has 0 unspecified atom stereocenters. The second-order valence-corrected chi connectivity index (χ2v) is 5.47. The van der Waals surface area contributed by atoms with Crippen LogP contribution in [0.15, 0.2) is 54.7 Å². The summed E-state index contributed by atoms with van der Waals surface area (Å²) < 4.78 is 10.0. The molecule has 0 radical (unpaired) electrons. The molecule has 0 saturated carbocycles. The lowest BCUT2D eigenvalue weighted by atomic mass is 10.1. The van der Waals surface area contributed by atoms with Gasteiger partial charge in [0.05, 0.1) is 18.3 Å². The molecule has 142 valence electrons. The number of aromatic nitrogens is 1. The fourth-order valence-corrected chi connectivity index (χ4v) is 2.43. The Morgan fingerprint density at radius 2 is 1.74 bits per heavy atom. The lowest BCUT2D eigenvalue weighted by molar-refractivity contribution is 0.102. The molecule has 0 atom stereocenters. The fraction of sp³-hybridized carbons (Fsp3) is 0.238. The number of ether oxygens (including phenoxy) is 2. The number of carbonyl (C=O) groups excluding carboxylic acids is 1. The predicted molar refractivity (Wildman–Crippen MR) is 107 cm³/mol. The summed E-state index contributed by atoms with van der Waals surface area (Å²) in [5.41, 5.74) is 1.28. The van der Waals surface area contributed by atoms with Gasteiger partial charge in [-0.2, -0.15) is 0 Å². The van der Waals surface area contributed by atoms with Crippen molar-refractivity contribution in [2.75, 3.05) is 25.6 Å². The van der Waals surface area contributed by atoms with E-state index in [9.17, 15) is 9.90 Å². The van der Waals surface area contributed by atoms with E-state index in [4.69, 9.17) is 9.47 Å². The highest BCUT2D eigenvalue weighted by Gasteiger charge is 2.16. The van der Waals surface area contributed by atoms with Gasteiger partial charge in [-0.3, -0.25) is 9.78 Å². The van der Waals surface area contributed by atoms with Gasteiger partial charge in [-0.15, -0.1) is 0 Å². The molecule has 0 aliphatic rings. The highest BCUT2D eigenvalue weighted by molar-refractivity contribution is 6.09. The van der Waals surface area contributed by atoms with Crippen molar-refractivity contribution in [1.29, 1.82) is 0 Å². The molecule has 6 nitrogen and oxygen atoms in total. The molecule has 2 aromatic carbocycles. The Balaban J connectivity index is 0.000000465. The number of nitrogens with zero attached hydrogens (tertiary/aromatic N) is 1. The number of fused-ring (bicyclic) bond motifs is 1. The third-order valence-electron chi connectivity index (χ3n) is 3.76. The van der Waals surface area contributed by atoms with Crippen LogP contribution in [0, 0.1) is 0 Å². The average Bonchev–Trinajstić information content (AvgIpc) is 2.70. The maximum atomic E-state index is 12.4. The molecular weight excluding hydrogens is 344 g/mol. The molecule has 1 heterocycles. The first-order valence-electron chi connectivity index (χ1n) is 8.71. The van der Waals surface area contributed by atoms with Gasteiger partial charge in [0.25, 0.3) is 5.91 Å². The van der Waals surface area contributed by atoms with E-state index in [0.29, 0.717) is 22.3 Å². The molecule has 0 bridgehead atoms. The van der Waals surface area contributed by atoms with Crippen molar-refractivity contribution in [3.63, 3.8) is 0 Å². The zero-order chi connectivity index (χ0) is 19.6. The Morgan fingerprint density at radius 1 is 1.07 bits per heavy atom. The van der Waals surface area contributed by atoms with Crippen LogP contribution in [0.1, 0.15) is 24.2 Å². The molecule has 3 aromatic rings. The highest BCUT2D eigenvalue weighted by atomic mass is 16.5. The molecule has 27 heavy (non-hydrogen) atoms. The van der Waals surface area contributed by atoms with Gasteiger partial charge in [0.2, 0.25) is 0 Å². The number of hydrogen-bond acceptors (Lipinski definition) is 5. The number of methoxy groups -OCH3 is 1. The molecule has 0 aliphatic carbocycles. The summed E-state index contributed by atoms with van der Waals surface area (Å²) in [5.74, 6) is 0.0161. The maximum absolute atomic E-state index is 12.4. The van der Waals surface area contributed by atoms with Crippen molar-refractivity contribution in [3.8, 4) is 11.5 Å². The molecule has 2 N–H and O–H groups in total. The fourth-order valence-electron chi connectivity index (χ4n) is 2.43. The Kier molecular flexibility index (Phi) is 7.58. The van der Waals surface area contributed by atoms with Gasteiger partial charge >= 0.3 is 0 Å². The third kappa shape index (κ3) is 5.18. The monoisotopic (exact) mass is 368 g/mol. The van der Waals surface area contributed by atoms with Crippen molar-refractivity contribution in [2.24, 2.45) is 0 Å². The number of carbonyl (C=O) groups is 1. The minimum Gasteiger partial charge on any atom is -0.506 e. The van der Waals surface area contributed by atoms with Crippen LogP contribution in [0.3, 0.4) is 0 Å². The first-order chi connectivity index (χ1) is 13.1. The van der Waals surface area contributed by atoms with Gasteiger partial charge in [-0.1, -0.05) is 24.3 Å². The summed E-state index contributed by atoms with van der Waals surface area (Å²) in [6.45, 7) is 5.67. The molecule has 6 heteroatoms. The van der Waals surface area contributed by atoms with E-state index < -0.39 is 5.91 Å². The number of anilines is 1. The SMILES string of the molecule is CCOCC.COc1ccccc1NC(=O)c1cnc2ccccc2c1O. The lowest BCUT2D eigenvalue weighted by Crippen LogP contribution is -2.13. The topological polar surface area (TPSA) is 80.7 Å². The molecular formula is C21H24N2O4. The van der Waals surface area contributed by atoms with Crippen molar-refractivity contribution in [1.82, 2.24) is 4.98 Å². The Hall–Kier alpha value is -3.12. The van der Waals surface area contributed by atoms with Gasteiger partial charge in [0, 0.05) is 24.8 Å². The minimum atomic E-state index is -0.444. The van der Waals surface area contributed by atoms with E-state index in [1.165, 1.54) is 13.3 Å². The van der Waals surface area contributed by atoms with E-state index in [1.807, 2.05) is 26.0 Å². The van der Waals surface area contributed by atoms with Gasteiger partial charge in [0.1, 0.15) is 17.1 Å². The number of rotatable bonds is 5. The molecule has 0 spiro atoms. The largest absolute Gasteiger partial charge is 0.506 e. The number of aromatic hydroxyl groups is 1. The van der Waals surface area contributed by atoms with E-state index in [-0.39, 0.29) is 11.3 Å². The lowest BCUT2D eigenvalue weighted by Gasteiger charge is -2.11. The third-order valence-corrected chi connectivity index (χ3v) is 3.76. The molecule has 0 saturated heterocycles. The zero-order valence-electron chi connectivity index (χ0n) is 15.7. The quantitative estimate of drug-likeness (QED) is 0.704. The average molecular weight is 368 g/mol. The normalized spacial score (nSPS) is 10.0. The van der Waals surface area contributed by atoms with Crippen LogP contribution in [-0.2, 0) is 4.74 Å². The second-order valence-electron chi connectivity index (χ2n) is 5.47. The van der Waals surface area contributed by atoms with Gasteiger partial charge < -0.3 is 19.9 Å². The predicted octanol–water partition coefficient (Wildman–Crippen LogP) is 4.24. The van der Waals surface area contributed by atoms with Crippen LogP contribution in [0.5, 0.6) is 11.5 Å². The Morgan fingerprint density at radius 3 is 2.41 bits per heavy atom. The molecule has 0 aliphatic heterocycles. The van der Waals surface area contributed by atoms with Crippen molar-refractivity contribution in [3.05, 3.63) is 60.3 Å². The standard InChI is InChI=1S/C17H14N2O3.C4H10O/c1-22-15-9-5-4-8-14(15)19-17(21)12-10-18-13-7-3-2-6-11(13)16(12)20;1-3-5-4-2/h2-10H,1H3,(H,18,20)(H,19,21);3-4H2,1-2H3. The van der Waals surface area contributed by atoms with E-state index in [0.717, 1.165) is 13.2 Å². The summed E-state index contributed by atoms with van der Waals surface area (Å²) in [4.78, 5) is 16.6. The summed E-state index contributed by atoms with van der Waals surface area (Å²) in [6.07, 6.45) is 1.36. The number of para-hydroxylation sites is 3. The number of benzene rings is 2. The second kappa shape index (κ2) is 10.1. The van der Waals surface area contributed by atoms with Crippen LogP contribution in [-0.4, -0.2) is 36.3 Å². The van der Waals surface area contributed by atoms with Crippen molar-refractivity contribution < 1.29 is 19.4 Å². The maximum Gasteiger partial charge on any atom is 0.261 e. The summed E-state index contributed by atoms with van der Waals surface area (Å²) in [6, 6.07) is 14.2. The highest BCUT2D eigenvalue weighted by Crippen LogP contribution is 2.29. The number of nitrogens with one attached hydrogen (secondary N) is 1. The summed E-state index contributed by atoms with van der Waals surface area (Å²) in [5, 5.41) is 13.5. The first kappa shape index (κ1) is 20.2. The van der Waals surface area contributed by atoms with Crippen LogP contribution in [0.25, 0.3) is 10.9 Å². The van der Waals surface area contributed by atoms with Crippen LogP contribution in [0.4, 0.5) is 5.69 Å².